The number of anilines is 1. The molecule has 0 bridgehead atoms. The first kappa shape index (κ1) is 16.6. The van der Waals surface area contributed by atoms with Gasteiger partial charge in [0.15, 0.2) is 0 Å². The van der Waals surface area contributed by atoms with E-state index in [1.165, 1.54) is 6.07 Å². The van der Waals surface area contributed by atoms with Crippen LogP contribution in [0.4, 0.5) is 20.2 Å². The molecule has 128 valence electrons. The standard InChI is InChI=1S/C17H14F2N4O2/c1-11-20-6-7-22(11)16-4-2-12(8-14(16)19)10-21-15-9-13(18)3-5-17(15)23(24)25/h2-9,21H,10H2,1H3. The first-order valence-electron chi connectivity index (χ1n) is 7.42. The number of benzene rings is 2. The second-order valence-electron chi connectivity index (χ2n) is 5.40. The minimum atomic E-state index is -0.604. The van der Waals surface area contributed by atoms with E-state index in [-0.39, 0.29) is 17.9 Å². The number of aryl methyl sites for hydroxylation is 1. The lowest BCUT2D eigenvalue weighted by Gasteiger charge is -2.10. The Hall–Kier alpha value is -3.29. The lowest BCUT2D eigenvalue weighted by atomic mass is 10.1. The van der Waals surface area contributed by atoms with Gasteiger partial charge in [0, 0.05) is 31.1 Å². The Balaban J connectivity index is 1.81. The molecular formula is C17H14F2N4O2. The van der Waals surface area contributed by atoms with Crippen LogP contribution in [-0.4, -0.2) is 14.5 Å². The highest BCUT2D eigenvalue weighted by Gasteiger charge is 2.14. The molecule has 0 fully saturated rings. The van der Waals surface area contributed by atoms with Gasteiger partial charge in [0.2, 0.25) is 0 Å². The summed E-state index contributed by atoms with van der Waals surface area (Å²) in [4.78, 5) is 14.4. The summed E-state index contributed by atoms with van der Waals surface area (Å²) >= 11 is 0. The average molecular weight is 344 g/mol. The van der Waals surface area contributed by atoms with Crippen molar-refractivity contribution in [2.24, 2.45) is 0 Å². The van der Waals surface area contributed by atoms with Crippen molar-refractivity contribution < 1.29 is 13.7 Å². The molecular weight excluding hydrogens is 330 g/mol. The van der Waals surface area contributed by atoms with Gasteiger partial charge in [-0.3, -0.25) is 10.1 Å². The fraction of sp³-hybridized carbons (Fsp3) is 0.118. The summed E-state index contributed by atoms with van der Waals surface area (Å²) in [5, 5.41) is 13.8. The van der Waals surface area contributed by atoms with Gasteiger partial charge in [0.05, 0.1) is 10.6 Å². The highest BCUT2D eigenvalue weighted by Crippen LogP contribution is 2.26. The molecule has 0 atom stereocenters. The highest BCUT2D eigenvalue weighted by atomic mass is 19.1. The van der Waals surface area contributed by atoms with Crippen LogP contribution < -0.4 is 5.32 Å². The van der Waals surface area contributed by atoms with Gasteiger partial charge in [-0.15, -0.1) is 0 Å². The van der Waals surface area contributed by atoms with Gasteiger partial charge in [0.1, 0.15) is 23.1 Å². The number of nitro benzene ring substituents is 1. The fourth-order valence-electron chi connectivity index (χ4n) is 2.49. The number of aromatic nitrogens is 2. The number of nitrogens with zero attached hydrogens (tertiary/aromatic N) is 3. The second kappa shape index (κ2) is 6.68. The summed E-state index contributed by atoms with van der Waals surface area (Å²) in [6.45, 7) is 1.88. The summed E-state index contributed by atoms with van der Waals surface area (Å²) < 4.78 is 29.3. The first-order valence-corrected chi connectivity index (χ1v) is 7.42. The van der Waals surface area contributed by atoms with Gasteiger partial charge in [0.25, 0.3) is 5.69 Å². The summed E-state index contributed by atoms with van der Waals surface area (Å²) in [5.74, 6) is -0.389. The van der Waals surface area contributed by atoms with Gasteiger partial charge in [-0.1, -0.05) is 6.07 Å². The molecule has 25 heavy (non-hydrogen) atoms. The monoisotopic (exact) mass is 344 g/mol. The molecule has 0 unspecified atom stereocenters. The van der Waals surface area contributed by atoms with Crippen LogP contribution in [-0.2, 0) is 6.54 Å². The molecule has 0 radical (unpaired) electrons. The Morgan fingerprint density at radius 3 is 2.68 bits per heavy atom. The van der Waals surface area contributed by atoms with Crippen molar-refractivity contribution in [3.05, 3.63) is 81.9 Å². The summed E-state index contributed by atoms with van der Waals surface area (Å²) in [6, 6.07) is 7.76. The SMILES string of the molecule is Cc1nccn1-c1ccc(CNc2cc(F)ccc2[N+](=O)[O-])cc1F. The first-order chi connectivity index (χ1) is 12.0. The molecule has 0 saturated carbocycles. The topological polar surface area (TPSA) is 73.0 Å². The molecule has 0 aliphatic heterocycles. The predicted octanol–water partition coefficient (Wildman–Crippen LogP) is 3.98. The Bertz CT molecular complexity index is 940. The number of hydrogen-bond acceptors (Lipinski definition) is 4. The zero-order valence-corrected chi connectivity index (χ0v) is 13.2. The third kappa shape index (κ3) is 3.47. The van der Waals surface area contributed by atoms with E-state index in [0.29, 0.717) is 17.1 Å². The molecule has 0 amide bonds. The normalized spacial score (nSPS) is 10.7. The van der Waals surface area contributed by atoms with Crippen molar-refractivity contribution in [1.82, 2.24) is 9.55 Å². The molecule has 0 saturated heterocycles. The zero-order valence-electron chi connectivity index (χ0n) is 13.2. The van der Waals surface area contributed by atoms with Crippen LogP contribution in [0.5, 0.6) is 0 Å². The minimum absolute atomic E-state index is 0.0416. The molecule has 3 aromatic rings. The minimum Gasteiger partial charge on any atom is -0.375 e. The third-order valence-electron chi connectivity index (χ3n) is 3.74. The van der Waals surface area contributed by atoms with E-state index in [0.717, 1.165) is 18.2 Å². The van der Waals surface area contributed by atoms with E-state index in [9.17, 15) is 18.9 Å². The van der Waals surface area contributed by atoms with Gasteiger partial charge in [-0.05, 0) is 30.7 Å². The van der Waals surface area contributed by atoms with Crippen LogP contribution in [0.2, 0.25) is 0 Å². The quantitative estimate of drug-likeness (QED) is 0.561. The predicted molar refractivity (Wildman–Crippen MR) is 88.6 cm³/mol. The van der Waals surface area contributed by atoms with E-state index >= 15 is 0 Å². The Kier molecular flexibility index (Phi) is 4.42. The van der Waals surface area contributed by atoms with E-state index in [1.807, 2.05) is 0 Å². The van der Waals surface area contributed by atoms with Crippen LogP contribution in [0.25, 0.3) is 5.69 Å². The molecule has 1 aromatic heterocycles. The zero-order chi connectivity index (χ0) is 18.0. The average Bonchev–Trinajstić information content (AvgIpc) is 2.98. The van der Waals surface area contributed by atoms with Crippen LogP contribution in [0.3, 0.4) is 0 Å². The van der Waals surface area contributed by atoms with Gasteiger partial charge >= 0.3 is 0 Å². The number of nitro groups is 1. The van der Waals surface area contributed by atoms with E-state index in [4.69, 9.17) is 0 Å². The highest BCUT2D eigenvalue weighted by molar-refractivity contribution is 5.61. The fourth-order valence-corrected chi connectivity index (χ4v) is 2.49. The van der Waals surface area contributed by atoms with Crippen molar-refractivity contribution in [2.45, 2.75) is 13.5 Å². The van der Waals surface area contributed by atoms with Crippen LogP contribution in [0, 0.1) is 28.7 Å². The summed E-state index contributed by atoms with van der Waals surface area (Å²) in [7, 11) is 0. The number of nitrogens with one attached hydrogen (secondary N) is 1. The lowest BCUT2D eigenvalue weighted by molar-refractivity contribution is -0.384. The number of imidazole rings is 1. The summed E-state index contributed by atoms with van der Waals surface area (Å²) in [6.07, 6.45) is 3.23. The maximum absolute atomic E-state index is 14.3. The molecule has 0 aliphatic carbocycles. The van der Waals surface area contributed by atoms with E-state index < -0.39 is 16.6 Å². The maximum atomic E-state index is 14.3. The van der Waals surface area contributed by atoms with E-state index in [1.54, 1.807) is 36.0 Å². The molecule has 6 nitrogen and oxygen atoms in total. The second-order valence-corrected chi connectivity index (χ2v) is 5.40. The molecule has 8 heteroatoms. The van der Waals surface area contributed by atoms with Crippen molar-refractivity contribution in [2.75, 3.05) is 5.32 Å². The number of hydrogen-bond donors (Lipinski definition) is 1. The molecule has 3 rings (SSSR count). The molecule has 1 heterocycles. The lowest BCUT2D eigenvalue weighted by Crippen LogP contribution is -2.05. The maximum Gasteiger partial charge on any atom is 0.292 e. The summed E-state index contributed by atoms with van der Waals surface area (Å²) in [5.41, 5.74) is 0.723. The van der Waals surface area contributed by atoms with E-state index in [2.05, 4.69) is 10.3 Å². The molecule has 0 aliphatic rings. The van der Waals surface area contributed by atoms with Crippen molar-refractivity contribution in [3.8, 4) is 5.69 Å². The molecule has 0 spiro atoms. The van der Waals surface area contributed by atoms with Crippen molar-refractivity contribution >= 4 is 11.4 Å². The van der Waals surface area contributed by atoms with Crippen LogP contribution in [0.15, 0.2) is 48.8 Å². The smallest absolute Gasteiger partial charge is 0.292 e. The Morgan fingerprint density at radius 2 is 2.04 bits per heavy atom. The molecule has 2 aromatic carbocycles. The van der Waals surface area contributed by atoms with Crippen molar-refractivity contribution in [1.29, 1.82) is 0 Å². The largest absolute Gasteiger partial charge is 0.375 e. The van der Waals surface area contributed by atoms with Gasteiger partial charge in [-0.2, -0.15) is 0 Å². The van der Waals surface area contributed by atoms with Gasteiger partial charge in [-0.25, -0.2) is 13.8 Å². The van der Waals surface area contributed by atoms with Crippen molar-refractivity contribution in [3.63, 3.8) is 0 Å². The Morgan fingerprint density at radius 1 is 1.24 bits per heavy atom. The number of rotatable bonds is 5. The Labute approximate surface area is 141 Å². The third-order valence-corrected chi connectivity index (χ3v) is 3.74. The molecule has 1 N–H and O–H groups in total. The number of halogens is 2. The van der Waals surface area contributed by atoms with Crippen LogP contribution >= 0.6 is 0 Å². The van der Waals surface area contributed by atoms with Crippen LogP contribution in [0.1, 0.15) is 11.4 Å². The van der Waals surface area contributed by atoms with Gasteiger partial charge < -0.3 is 9.88 Å².